The molecule has 0 aliphatic carbocycles. The largest absolute Gasteiger partial charge is 0.352 e. The number of benzene rings is 2. The minimum Gasteiger partial charge on any atom is -0.352 e. The van der Waals surface area contributed by atoms with Crippen LogP contribution in [0.25, 0.3) is 0 Å². The third-order valence-corrected chi connectivity index (χ3v) is 6.88. The molecule has 178 valence electrons. The lowest BCUT2D eigenvalue weighted by molar-refractivity contribution is -0.147. The van der Waals surface area contributed by atoms with Gasteiger partial charge in [-0.3, -0.25) is 19.2 Å². The van der Waals surface area contributed by atoms with Gasteiger partial charge in [0.15, 0.2) is 0 Å². The zero-order chi connectivity index (χ0) is 25.7. The number of nitrogens with zero attached hydrogens (tertiary/aromatic N) is 2. The highest BCUT2D eigenvalue weighted by atomic mass is 35.5. The maximum Gasteiger partial charge on any atom is 0.349 e. The molecule has 13 heteroatoms. The number of fused-ring (bicyclic) bond motifs is 1. The van der Waals surface area contributed by atoms with E-state index in [2.05, 4.69) is 5.32 Å². The van der Waals surface area contributed by atoms with E-state index in [4.69, 9.17) is 11.6 Å². The van der Waals surface area contributed by atoms with Crippen molar-refractivity contribution in [1.29, 1.82) is 0 Å². The van der Waals surface area contributed by atoms with Crippen molar-refractivity contribution in [1.82, 2.24) is 15.0 Å². The highest BCUT2D eigenvalue weighted by molar-refractivity contribution is 6.31. The first-order valence-electron chi connectivity index (χ1n) is 11.1. The highest BCUT2D eigenvalue weighted by Crippen LogP contribution is 2.34. The summed E-state index contributed by atoms with van der Waals surface area (Å²) in [6.07, 6.45) is 0.156. The summed E-state index contributed by atoms with van der Waals surface area (Å²) in [5.74, 6) is -7.37. The molecular formula is C22H21B3ClF2N3O4. The van der Waals surface area contributed by atoms with E-state index >= 15 is 0 Å². The Balaban J connectivity index is 1.51. The second-order valence-electron chi connectivity index (χ2n) is 9.04. The predicted octanol–water partition coefficient (Wildman–Crippen LogP) is -0.0671. The number of rotatable bonds is 5. The standard InChI is InChI=1S/C22H21B3ClF2N3O4/c23-15-8-16(32)31(25)20(34)17(15)30-9-11-7-10(1-6-14(11)19(30)33)18(24)29-21(35)22(27,28)12-2-4-13(26)5-3-12/h1-7,15,17-18H,8-9,23-25H2,(H,29,35). The fraction of sp³-hybridized carbons (Fsp3) is 0.273. The Morgan fingerprint density at radius 1 is 1.14 bits per heavy atom. The summed E-state index contributed by atoms with van der Waals surface area (Å²) >= 11 is 5.74. The number of carbonyl (C=O) groups is 4. The topological polar surface area (TPSA) is 86.8 Å². The van der Waals surface area contributed by atoms with E-state index in [9.17, 15) is 28.0 Å². The lowest BCUT2D eigenvalue weighted by Crippen LogP contribution is -2.56. The zero-order valence-corrected chi connectivity index (χ0v) is 20.1. The van der Waals surface area contributed by atoms with E-state index in [0.29, 0.717) is 16.7 Å². The average Bonchev–Trinajstić information content (AvgIpc) is 3.13. The second-order valence-corrected chi connectivity index (χ2v) is 9.48. The summed E-state index contributed by atoms with van der Waals surface area (Å²) in [6, 6.07) is 8.84. The molecule has 0 aromatic heterocycles. The number of carbonyl (C=O) groups excluding carboxylic acids is 4. The highest BCUT2D eigenvalue weighted by Gasteiger charge is 2.45. The number of halogens is 3. The Bertz CT molecular complexity index is 1230. The van der Waals surface area contributed by atoms with Crippen LogP contribution in [0, 0.1) is 0 Å². The molecule has 2 aromatic carbocycles. The van der Waals surface area contributed by atoms with Crippen LogP contribution in [-0.2, 0) is 26.9 Å². The maximum absolute atomic E-state index is 14.7. The van der Waals surface area contributed by atoms with E-state index in [-0.39, 0.29) is 35.6 Å². The summed E-state index contributed by atoms with van der Waals surface area (Å²) in [5, 5.41) is 2.61. The first-order valence-corrected chi connectivity index (χ1v) is 11.5. The molecule has 4 amide bonds. The lowest BCUT2D eigenvalue weighted by atomic mass is 9.73. The summed E-state index contributed by atoms with van der Waals surface area (Å²) in [5.41, 5.74) is 1.08. The Labute approximate surface area is 208 Å². The Hall–Kier alpha value is -3.14. The minimum absolute atomic E-state index is 0.145. The molecule has 2 heterocycles. The fourth-order valence-corrected chi connectivity index (χ4v) is 4.67. The number of hydrogen-bond acceptors (Lipinski definition) is 4. The zero-order valence-electron chi connectivity index (χ0n) is 19.3. The van der Waals surface area contributed by atoms with E-state index in [1.807, 2.05) is 0 Å². The van der Waals surface area contributed by atoms with Crippen LogP contribution in [0.1, 0.15) is 39.4 Å². The molecule has 1 N–H and O–H groups in total. The molecule has 3 unspecified atom stereocenters. The van der Waals surface area contributed by atoms with E-state index in [0.717, 1.165) is 16.9 Å². The molecule has 0 radical (unpaired) electrons. The quantitative estimate of drug-likeness (QED) is 0.463. The van der Waals surface area contributed by atoms with E-state index in [1.165, 1.54) is 25.0 Å². The van der Waals surface area contributed by atoms with Crippen molar-refractivity contribution >= 4 is 58.9 Å². The first-order chi connectivity index (χ1) is 16.4. The molecule has 2 aliphatic rings. The van der Waals surface area contributed by atoms with Gasteiger partial charge in [0.25, 0.3) is 11.8 Å². The van der Waals surface area contributed by atoms with Crippen LogP contribution >= 0.6 is 11.6 Å². The van der Waals surface area contributed by atoms with Crippen LogP contribution in [0.4, 0.5) is 8.78 Å². The van der Waals surface area contributed by atoms with Crippen molar-refractivity contribution < 1.29 is 28.0 Å². The minimum atomic E-state index is -3.76. The molecule has 3 atom stereocenters. The number of imide groups is 1. The van der Waals surface area contributed by atoms with Gasteiger partial charge in [-0.25, -0.2) is 0 Å². The summed E-state index contributed by atoms with van der Waals surface area (Å²) in [6.45, 7) is 0.145. The second kappa shape index (κ2) is 9.15. The molecule has 0 bridgehead atoms. The number of amides is 4. The van der Waals surface area contributed by atoms with Gasteiger partial charge in [0, 0.05) is 35.1 Å². The molecule has 0 spiro atoms. The van der Waals surface area contributed by atoms with Crippen molar-refractivity contribution in [2.75, 3.05) is 0 Å². The summed E-state index contributed by atoms with van der Waals surface area (Å²) in [7, 11) is 4.73. The third kappa shape index (κ3) is 4.47. The van der Waals surface area contributed by atoms with Crippen LogP contribution < -0.4 is 5.32 Å². The van der Waals surface area contributed by atoms with Crippen molar-refractivity contribution in [3.8, 4) is 0 Å². The van der Waals surface area contributed by atoms with Gasteiger partial charge >= 0.3 is 5.92 Å². The Morgan fingerprint density at radius 2 is 1.80 bits per heavy atom. The summed E-state index contributed by atoms with van der Waals surface area (Å²) in [4.78, 5) is 52.6. The first kappa shape index (κ1) is 25.0. The molecule has 4 rings (SSSR count). The van der Waals surface area contributed by atoms with Gasteiger partial charge in [-0.2, -0.15) is 8.78 Å². The summed E-state index contributed by atoms with van der Waals surface area (Å²) < 4.78 is 29.3. The molecule has 1 fully saturated rings. The smallest absolute Gasteiger partial charge is 0.349 e. The third-order valence-electron chi connectivity index (χ3n) is 6.63. The molecule has 0 saturated carbocycles. The molecule has 35 heavy (non-hydrogen) atoms. The van der Waals surface area contributed by atoms with Gasteiger partial charge < -0.3 is 15.0 Å². The Morgan fingerprint density at radius 3 is 2.46 bits per heavy atom. The van der Waals surface area contributed by atoms with E-state index in [1.54, 1.807) is 33.9 Å². The number of hydrogen-bond donors (Lipinski definition) is 1. The van der Waals surface area contributed by atoms with Crippen LogP contribution in [0.3, 0.4) is 0 Å². The van der Waals surface area contributed by atoms with Gasteiger partial charge in [0.2, 0.25) is 19.8 Å². The van der Waals surface area contributed by atoms with E-state index < -0.39 is 35.3 Å². The molecule has 2 aromatic rings. The van der Waals surface area contributed by atoms with Crippen molar-refractivity contribution in [2.45, 2.75) is 36.7 Å². The average molecular weight is 497 g/mol. The molecule has 2 aliphatic heterocycles. The van der Waals surface area contributed by atoms with Crippen LogP contribution in [0.2, 0.25) is 10.8 Å². The van der Waals surface area contributed by atoms with Crippen molar-refractivity contribution in [3.05, 3.63) is 69.7 Å². The van der Waals surface area contributed by atoms with Gasteiger partial charge in [-0.05, 0) is 35.1 Å². The number of nitrogens with one attached hydrogen (secondary N) is 1. The predicted molar refractivity (Wildman–Crippen MR) is 132 cm³/mol. The van der Waals surface area contributed by atoms with Gasteiger partial charge in [-0.1, -0.05) is 35.9 Å². The monoisotopic (exact) mass is 497 g/mol. The molecule has 7 nitrogen and oxygen atoms in total. The SMILES string of the molecule is BC(NC(=O)C(F)(F)c1ccc(Cl)cc1)c1ccc2c(c1)CN(C1C(=O)N(B)C(=O)CC1B)C2=O. The number of piperidine rings is 1. The number of alkyl halides is 2. The van der Waals surface area contributed by atoms with Crippen LogP contribution in [0.5, 0.6) is 0 Å². The van der Waals surface area contributed by atoms with Crippen molar-refractivity contribution in [3.63, 3.8) is 0 Å². The maximum atomic E-state index is 14.7. The Kier molecular flexibility index (Phi) is 6.53. The molecule has 1 saturated heterocycles. The molecular weight excluding hydrogens is 476 g/mol. The van der Waals surface area contributed by atoms with Crippen LogP contribution in [-0.4, -0.2) is 63.1 Å². The van der Waals surface area contributed by atoms with Crippen LogP contribution in [0.15, 0.2) is 42.5 Å². The fourth-order valence-electron chi connectivity index (χ4n) is 4.55. The van der Waals surface area contributed by atoms with Gasteiger partial charge in [0.1, 0.15) is 21.7 Å². The van der Waals surface area contributed by atoms with Gasteiger partial charge in [0.05, 0.1) is 0 Å². The van der Waals surface area contributed by atoms with Crippen molar-refractivity contribution in [2.24, 2.45) is 0 Å². The lowest BCUT2D eigenvalue weighted by Gasteiger charge is -2.38. The van der Waals surface area contributed by atoms with Gasteiger partial charge in [-0.15, -0.1) is 0 Å². The normalized spacial score (nSPS) is 21.2.